The fourth-order valence-electron chi connectivity index (χ4n) is 5.37. The van der Waals surface area contributed by atoms with Crippen LogP contribution in [0, 0.1) is 0 Å². The van der Waals surface area contributed by atoms with Crippen molar-refractivity contribution in [2.24, 2.45) is 0 Å². The van der Waals surface area contributed by atoms with Crippen LogP contribution in [0.4, 0.5) is 9.59 Å². The summed E-state index contributed by atoms with van der Waals surface area (Å²) < 4.78 is 11.6. The monoisotopic (exact) mass is 577 g/mol. The molecule has 2 N–H and O–H groups in total. The van der Waals surface area contributed by atoms with Crippen molar-refractivity contribution < 1.29 is 23.9 Å². The lowest BCUT2D eigenvalue weighted by Crippen LogP contribution is -2.59. The Hall–Kier alpha value is -4.05. The summed E-state index contributed by atoms with van der Waals surface area (Å²) in [6, 6.07) is 15.7. The summed E-state index contributed by atoms with van der Waals surface area (Å²) in [6.45, 7) is 14.2. The highest BCUT2D eigenvalue weighted by atomic mass is 16.5. The molecule has 1 saturated heterocycles. The third-order valence-corrected chi connectivity index (χ3v) is 7.25. The van der Waals surface area contributed by atoms with E-state index in [4.69, 9.17) is 9.47 Å². The summed E-state index contributed by atoms with van der Waals surface area (Å²) in [5.41, 5.74) is 1.39. The van der Waals surface area contributed by atoms with Crippen LogP contribution in [-0.4, -0.2) is 83.6 Å². The summed E-state index contributed by atoms with van der Waals surface area (Å²) in [6.07, 6.45) is 0. The van der Waals surface area contributed by atoms with Gasteiger partial charge in [0.05, 0.1) is 18.2 Å². The van der Waals surface area contributed by atoms with Crippen molar-refractivity contribution in [3.63, 3.8) is 0 Å². The molecule has 2 heterocycles. The molecule has 0 aromatic heterocycles. The van der Waals surface area contributed by atoms with Crippen LogP contribution in [0.25, 0.3) is 0 Å². The lowest BCUT2D eigenvalue weighted by molar-refractivity contribution is -0.139. The van der Waals surface area contributed by atoms with E-state index in [9.17, 15) is 14.4 Å². The molecule has 2 aromatic carbocycles. The molecule has 226 valence electrons. The minimum absolute atomic E-state index is 0.0529. The van der Waals surface area contributed by atoms with Crippen LogP contribution in [0.1, 0.15) is 53.1 Å². The number of carbonyl (C=O) groups excluding carboxylic acids is 3. The number of hydrogen-bond acceptors (Lipinski definition) is 6. The highest BCUT2D eigenvalue weighted by Gasteiger charge is 2.39. The Balaban J connectivity index is 1.65. The number of likely N-dealkylation sites (N-methyl/N-ethyl adjacent to an activating group) is 1. The van der Waals surface area contributed by atoms with Crippen LogP contribution in [0.15, 0.2) is 65.9 Å². The molecule has 0 radical (unpaired) electrons. The number of hydrogen-bond donors (Lipinski definition) is 2. The van der Waals surface area contributed by atoms with Crippen LogP contribution in [0.2, 0.25) is 0 Å². The molecular weight excluding hydrogens is 534 g/mol. The van der Waals surface area contributed by atoms with E-state index >= 15 is 0 Å². The lowest BCUT2D eigenvalue weighted by Gasteiger charge is -2.43. The molecule has 2 aliphatic rings. The Morgan fingerprint density at radius 2 is 1.74 bits per heavy atom. The Kier molecular flexibility index (Phi) is 9.78. The molecular formula is C32H43N5O5. The van der Waals surface area contributed by atoms with Gasteiger partial charge in [0.15, 0.2) is 0 Å². The van der Waals surface area contributed by atoms with Crippen molar-refractivity contribution in [3.8, 4) is 11.5 Å². The van der Waals surface area contributed by atoms with Gasteiger partial charge in [0.2, 0.25) is 0 Å². The van der Waals surface area contributed by atoms with Gasteiger partial charge in [-0.15, -0.1) is 0 Å². The molecule has 1 fully saturated rings. The lowest BCUT2D eigenvalue weighted by atomic mass is 9.93. The second kappa shape index (κ2) is 13.3. The highest BCUT2D eigenvalue weighted by molar-refractivity contribution is 5.95. The minimum Gasteiger partial charge on any atom is -0.463 e. The molecule has 0 saturated carbocycles. The van der Waals surface area contributed by atoms with Gasteiger partial charge in [-0.25, -0.2) is 14.4 Å². The first-order valence-corrected chi connectivity index (χ1v) is 14.6. The predicted octanol–water partition coefficient (Wildman–Crippen LogP) is 4.90. The molecule has 0 bridgehead atoms. The SMILES string of the molecule is CCOC(=O)C1=C(CN2CCN(C(=O)NC(C)(C)C)C(C)C2)N(CC)C(=O)NC1c1cccc(Oc2ccccc2)c1. The van der Waals surface area contributed by atoms with Crippen LogP contribution >= 0.6 is 0 Å². The number of nitrogens with zero attached hydrogens (tertiary/aromatic N) is 3. The number of ether oxygens (including phenoxy) is 2. The van der Waals surface area contributed by atoms with Crippen LogP contribution < -0.4 is 15.4 Å². The number of urea groups is 2. The normalized spacial score (nSPS) is 19.8. The van der Waals surface area contributed by atoms with Gasteiger partial charge in [-0.2, -0.15) is 0 Å². The van der Waals surface area contributed by atoms with E-state index in [1.165, 1.54) is 0 Å². The maximum absolute atomic E-state index is 13.5. The zero-order valence-corrected chi connectivity index (χ0v) is 25.5. The first-order chi connectivity index (χ1) is 20.0. The predicted molar refractivity (Wildman–Crippen MR) is 161 cm³/mol. The van der Waals surface area contributed by atoms with Gasteiger partial charge in [0.1, 0.15) is 11.5 Å². The van der Waals surface area contributed by atoms with Gasteiger partial charge < -0.3 is 25.0 Å². The number of piperazine rings is 1. The zero-order valence-electron chi connectivity index (χ0n) is 25.5. The first-order valence-electron chi connectivity index (χ1n) is 14.6. The summed E-state index contributed by atoms with van der Waals surface area (Å²) >= 11 is 0. The standard InChI is InChI=1S/C32H43N5O5/c1-7-36-26(21-35-17-18-37(22(3)20-35)31(40)34-32(4,5)6)27(29(38)41-8-2)28(33-30(36)39)23-13-12-16-25(19-23)42-24-14-10-9-11-15-24/h9-16,19,22,28H,7-8,17-18,20-21H2,1-6H3,(H,33,39)(H,34,40). The van der Waals surface area contributed by atoms with E-state index in [0.29, 0.717) is 61.1 Å². The summed E-state index contributed by atoms with van der Waals surface area (Å²) in [5, 5.41) is 6.07. The van der Waals surface area contributed by atoms with Crippen molar-refractivity contribution in [3.05, 3.63) is 71.4 Å². The fraction of sp³-hybridized carbons (Fsp3) is 0.469. The topological polar surface area (TPSA) is 103 Å². The first kappa shape index (κ1) is 30.9. The van der Waals surface area contributed by atoms with Crippen molar-refractivity contribution in [2.45, 2.75) is 59.2 Å². The molecule has 0 spiro atoms. The summed E-state index contributed by atoms with van der Waals surface area (Å²) in [7, 11) is 0. The average Bonchev–Trinajstić information content (AvgIpc) is 2.93. The van der Waals surface area contributed by atoms with Gasteiger partial charge >= 0.3 is 18.0 Å². The van der Waals surface area contributed by atoms with Gasteiger partial charge in [-0.05, 0) is 71.4 Å². The minimum atomic E-state index is -0.718. The largest absolute Gasteiger partial charge is 0.463 e. The van der Waals surface area contributed by atoms with Gasteiger partial charge in [-0.3, -0.25) is 9.80 Å². The molecule has 2 unspecified atom stereocenters. The molecule has 2 atom stereocenters. The van der Waals surface area contributed by atoms with E-state index in [1.807, 2.05) is 94.1 Å². The summed E-state index contributed by atoms with van der Waals surface area (Å²) in [4.78, 5) is 45.5. The van der Waals surface area contributed by atoms with E-state index in [1.54, 1.807) is 11.8 Å². The fourth-order valence-corrected chi connectivity index (χ4v) is 5.37. The number of para-hydroxylation sites is 1. The molecule has 4 rings (SSSR count). The van der Waals surface area contributed by atoms with E-state index < -0.39 is 12.0 Å². The Morgan fingerprint density at radius 1 is 1.02 bits per heavy atom. The Morgan fingerprint density at radius 3 is 2.38 bits per heavy atom. The van der Waals surface area contributed by atoms with Crippen molar-refractivity contribution in [1.29, 1.82) is 0 Å². The average molecular weight is 578 g/mol. The smallest absolute Gasteiger partial charge is 0.338 e. The second-order valence-corrected chi connectivity index (χ2v) is 11.7. The third-order valence-electron chi connectivity index (χ3n) is 7.25. The Labute approximate surface area is 248 Å². The molecule has 42 heavy (non-hydrogen) atoms. The van der Waals surface area contributed by atoms with Gasteiger partial charge in [0, 0.05) is 50.0 Å². The van der Waals surface area contributed by atoms with E-state index in [2.05, 4.69) is 15.5 Å². The molecule has 10 heteroatoms. The maximum Gasteiger partial charge on any atom is 0.338 e. The van der Waals surface area contributed by atoms with Crippen molar-refractivity contribution in [1.82, 2.24) is 25.3 Å². The summed E-state index contributed by atoms with van der Waals surface area (Å²) in [5.74, 6) is 0.807. The van der Waals surface area contributed by atoms with Crippen molar-refractivity contribution >= 4 is 18.0 Å². The second-order valence-electron chi connectivity index (χ2n) is 11.7. The van der Waals surface area contributed by atoms with Crippen LogP contribution in [0.3, 0.4) is 0 Å². The quantitative estimate of drug-likeness (QED) is 0.433. The molecule has 0 aliphatic carbocycles. The van der Waals surface area contributed by atoms with Crippen molar-refractivity contribution in [2.75, 3.05) is 39.3 Å². The van der Waals surface area contributed by atoms with Gasteiger partial charge in [0.25, 0.3) is 0 Å². The number of rotatable bonds is 8. The number of benzene rings is 2. The number of amides is 4. The Bertz CT molecular complexity index is 1310. The van der Waals surface area contributed by atoms with E-state index in [-0.39, 0.29) is 30.2 Å². The molecule has 4 amide bonds. The number of carbonyl (C=O) groups is 3. The van der Waals surface area contributed by atoms with E-state index in [0.717, 1.165) is 0 Å². The number of esters is 1. The van der Waals surface area contributed by atoms with Crippen LogP contribution in [-0.2, 0) is 9.53 Å². The van der Waals surface area contributed by atoms with Gasteiger partial charge in [-0.1, -0.05) is 30.3 Å². The zero-order chi connectivity index (χ0) is 30.4. The highest BCUT2D eigenvalue weighted by Crippen LogP contribution is 2.34. The molecule has 2 aliphatic heterocycles. The number of nitrogens with one attached hydrogen (secondary N) is 2. The molecule has 2 aromatic rings. The molecule has 10 nitrogen and oxygen atoms in total. The third kappa shape index (κ3) is 7.42. The van der Waals surface area contributed by atoms with Crippen LogP contribution in [0.5, 0.6) is 11.5 Å². The maximum atomic E-state index is 13.5.